The average Bonchev–Trinajstić information content (AvgIpc) is 3.28. The van der Waals surface area contributed by atoms with Crippen LogP contribution in [-0.4, -0.2) is 42.1 Å². The first-order chi connectivity index (χ1) is 16.0. The van der Waals surface area contributed by atoms with Gasteiger partial charge in [-0.2, -0.15) is 13.2 Å². The monoisotopic (exact) mass is 459 g/mol. The summed E-state index contributed by atoms with van der Waals surface area (Å²) in [6, 6.07) is 9.26. The summed E-state index contributed by atoms with van der Waals surface area (Å²) in [5.41, 5.74) is 1.70. The average molecular weight is 459 g/mol. The minimum absolute atomic E-state index is 0.0409. The normalized spacial score (nSPS) is 22.2. The third-order valence-corrected chi connectivity index (χ3v) is 6.52. The van der Waals surface area contributed by atoms with Crippen LogP contribution in [0.1, 0.15) is 42.0 Å². The fourth-order valence-electron chi connectivity index (χ4n) is 4.68. The lowest BCUT2D eigenvalue weighted by molar-refractivity contribution is -0.365. The van der Waals surface area contributed by atoms with Gasteiger partial charge in [-0.25, -0.2) is 4.98 Å². The summed E-state index contributed by atoms with van der Waals surface area (Å²) in [5.74, 6) is 0.729. The molecule has 174 valence electrons. The zero-order valence-corrected chi connectivity index (χ0v) is 18.1. The lowest BCUT2D eigenvalue weighted by atomic mass is 9.81. The van der Waals surface area contributed by atoms with Gasteiger partial charge >= 0.3 is 6.18 Å². The summed E-state index contributed by atoms with van der Waals surface area (Å²) in [4.78, 5) is 13.8. The molecule has 3 aromatic rings. The van der Waals surface area contributed by atoms with E-state index in [1.54, 1.807) is 6.21 Å². The highest BCUT2D eigenvalue weighted by molar-refractivity contribution is 5.87. The molecule has 2 aromatic heterocycles. The minimum Gasteiger partial charge on any atom is -0.381 e. The number of halogens is 3. The summed E-state index contributed by atoms with van der Waals surface area (Å²) in [6.45, 7) is 2.23. The first-order valence-corrected chi connectivity index (χ1v) is 11.3. The molecule has 2 N–H and O–H groups in total. The van der Waals surface area contributed by atoms with Crippen LogP contribution in [0.25, 0.3) is 11.0 Å². The van der Waals surface area contributed by atoms with Crippen LogP contribution >= 0.6 is 0 Å². The van der Waals surface area contributed by atoms with E-state index in [1.165, 1.54) is 11.9 Å². The van der Waals surface area contributed by atoms with Crippen molar-refractivity contribution in [1.82, 2.24) is 9.97 Å². The second kappa shape index (κ2) is 9.23. The number of nitrogens with zero attached hydrogens (tertiary/aromatic N) is 2. The van der Waals surface area contributed by atoms with E-state index in [0.29, 0.717) is 23.7 Å². The van der Waals surface area contributed by atoms with Gasteiger partial charge in [-0.05, 0) is 48.8 Å². The number of nitrogens with one attached hydrogen (secondary N) is 2. The van der Waals surface area contributed by atoms with Crippen LogP contribution in [0.3, 0.4) is 0 Å². The van der Waals surface area contributed by atoms with Crippen molar-refractivity contribution in [2.45, 2.75) is 43.9 Å². The number of aromatic amines is 2. The number of aromatic nitrogens is 3. The molecule has 2 aliphatic rings. The summed E-state index contributed by atoms with van der Waals surface area (Å²) < 4.78 is 51.3. The Hall–Kier alpha value is -2.78. The topological polar surface area (TPSA) is 73.6 Å². The van der Waals surface area contributed by atoms with Crippen molar-refractivity contribution in [3.8, 4) is 0 Å². The highest BCUT2D eigenvalue weighted by atomic mass is 19.4. The van der Waals surface area contributed by atoms with Crippen molar-refractivity contribution in [3.63, 3.8) is 0 Å². The zero-order valence-electron chi connectivity index (χ0n) is 18.1. The summed E-state index contributed by atoms with van der Waals surface area (Å²) in [7, 11) is 0. The first-order valence-electron chi connectivity index (χ1n) is 11.3. The van der Waals surface area contributed by atoms with E-state index in [9.17, 15) is 13.2 Å². The van der Waals surface area contributed by atoms with Crippen LogP contribution in [0.2, 0.25) is 0 Å². The molecule has 1 saturated heterocycles. The number of hydrogen-bond acceptors (Lipinski definition) is 4. The Balaban J connectivity index is 1.42. The van der Waals surface area contributed by atoms with Crippen LogP contribution in [0, 0.1) is 5.92 Å². The van der Waals surface area contributed by atoms with Crippen molar-refractivity contribution in [1.29, 1.82) is 0 Å². The summed E-state index contributed by atoms with van der Waals surface area (Å²) in [5, 5.41) is 0.296. The molecule has 1 unspecified atom stereocenters. The van der Waals surface area contributed by atoms with Crippen molar-refractivity contribution in [3.05, 3.63) is 53.5 Å². The van der Waals surface area contributed by atoms with Gasteiger partial charge in [0.15, 0.2) is 0 Å². The fourth-order valence-corrected chi connectivity index (χ4v) is 4.68. The van der Waals surface area contributed by atoms with Crippen molar-refractivity contribution in [2.24, 2.45) is 10.9 Å². The van der Waals surface area contributed by atoms with Crippen molar-refractivity contribution in [2.75, 3.05) is 19.8 Å². The minimum atomic E-state index is -4.48. The molecule has 9 heteroatoms. The summed E-state index contributed by atoms with van der Waals surface area (Å²) in [6.07, 6.45) is 2.43. The predicted octanol–water partition coefficient (Wildman–Crippen LogP) is 4.64. The number of H-pyrrole nitrogens is 2. The zero-order chi connectivity index (χ0) is 22.8. The van der Waals surface area contributed by atoms with Gasteiger partial charge in [-0.3, -0.25) is 0 Å². The second-order valence-electron chi connectivity index (χ2n) is 8.66. The lowest BCUT2D eigenvalue weighted by Crippen LogP contribution is -2.32. The quantitative estimate of drug-likeness (QED) is 0.565. The van der Waals surface area contributed by atoms with Crippen molar-refractivity contribution < 1.29 is 27.6 Å². The Morgan fingerprint density at radius 1 is 1.21 bits per heavy atom. The molecule has 0 saturated carbocycles. The number of aliphatic imine (C=N–C) groups is 1. The molecule has 2 atom stereocenters. The van der Waals surface area contributed by atoms with E-state index in [-0.39, 0.29) is 17.7 Å². The van der Waals surface area contributed by atoms with Gasteiger partial charge in [0.25, 0.3) is 5.82 Å². The molecule has 1 aliphatic carbocycles. The van der Waals surface area contributed by atoms with E-state index < -0.39 is 11.9 Å². The van der Waals surface area contributed by atoms with E-state index in [4.69, 9.17) is 9.47 Å². The first kappa shape index (κ1) is 22.0. The molecule has 0 amide bonds. The molecule has 6 nitrogen and oxygen atoms in total. The number of alkyl halides is 3. The number of rotatable bonds is 5. The molecule has 0 radical (unpaired) electrons. The summed E-state index contributed by atoms with van der Waals surface area (Å²) >= 11 is 0. The number of hydrogen-bond donors (Lipinski definition) is 1. The lowest BCUT2D eigenvalue weighted by Gasteiger charge is -2.32. The number of benzene rings is 1. The number of ether oxygens (including phenoxy) is 2. The van der Waals surface area contributed by atoms with E-state index in [1.807, 2.05) is 12.1 Å². The van der Waals surface area contributed by atoms with Gasteiger partial charge in [-0.15, -0.1) is 4.99 Å². The molecule has 3 heterocycles. The highest BCUT2D eigenvalue weighted by Crippen LogP contribution is 2.35. The second-order valence-corrected chi connectivity index (χ2v) is 8.66. The molecule has 5 rings (SSSR count). The molecule has 0 spiro atoms. The van der Waals surface area contributed by atoms with E-state index in [0.717, 1.165) is 50.5 Å². The van der Waals surface area contributed by atoms with Crippen molar-refractivity contribution >= 4 is 23.1 Å². The van der Waals surface area contributed by atoms with Crippen LogP contribution in [0.4, 0.5) is 19.0 Å². The van der Waals surface area contributed by atoms with Gasteiger partial charge in [0, 0.05) is 19.8 Å². The van der Waals surface area contributed by atoms with Crippen LogP contribution < -0.4 is 4.98 Å². The molecule has 1 fully saturated rings. The Bertz CT molecular complexity index is 1140. The smallest absolute Gasteiger partial charge is 0.381 e. The maximum atomic E-state index is 13.2. The standard InChI is InChI=1S/C24H25F3N4O2/c25-24(26,27)21-11-18-22(29-14-30-23(18)31-21)28-12-19-17-4-2-1-3-16(17)5-6-20(19)33-13-15-7-9-32-10-8-15/h1-4,11-12,14-15,19-20H,5-10,13H2,(H,29,30,31)/p+1/b28-12+/t19?,20-/m0/s1. The van der Waals surface area contributed by atoms with Gasteiger partial charge in [0.05, 0.1) is 18.2 Å². The molecule has 1 aromatic carbocycles. The van der Waals surface area contributed by atoms with Crippen LogP contribution in [-0.2, 0) is 22.1 Å². The molecular weight excluding hydrogens is 433 g/mol. The maximum absolute atomic E-state index is 13.2. The fraction of sp³-hybridized carbons (Fsp3) is 0.458. The van der Waals surface area contributed by atoms with Crippen LogP contribution in [0.5, 0.6) is 0 Å². The largest absolute Gasteiger partial charge is 0.431 e. The molecule has 0 bridgehead atoms. The van der Waals surface area contributed by atoms with Gasteiger partial charge in [0.1, 0.15) is 11.1 Å². The number of fused-ring (bicyclic) bond motifs is 2. The number of aryl methyl sites for hydroxylation is 1. The highest BCUT2D eigenvalue weighted by Gasteiger charge is 2.35. The molecular formula is C24H26F3N4O2+. The van der Waals surface area contributed by atoms with Crippen LogP contribution in [0.15, 0.2) is 41.7 Å². The predicted molar refractivity (Wildman–Crippen MR) is 117 cm³/mol. The Kier molecular flexibility index (Phi) is 6.16. The Morgan fingerprint density at radius 2 is 2.03 bits per heavy atom. The maximum Gasteiger partial charge on any atom is 0.431 e. The third kappa shape index (κ3) is 4.79. The third-order valence-electron chi connectivity index (χ3n) is 6.52. The van der Waals surface area contributed by atoms with E-state index >= 15 is 0 Å². The van der Waals surface area contributed by atoms with E-state index in [2.05, 4.69) is 32.1 Å². The Labute approximate surface area is 189 Å². The molecule has 1 aliphatic heterocycles. The van der Waals surface area contributed by atoms with Gasteiger partial charge in [0.2, 0.25) is 12.0 Å². The van der Waals surface area contributed by atoms with Gasteiger partial charge < -0.3 is 14.5 Å². The van der Waals surface area contributed by atoms with Gasteiger partial charge in [-0.1, -0.05) is 29.2 Å². The Morgan fingerprint density at radius 3 is 2.85 bits per heavy atom. The molecule has 33 heavy (non-hydrogen) atoms. The SMILES string of the molecule is FC(F)(F)c1cc2c(/N=C/C3c4ccccc4CC[C@@H]3OCC3CCOCC3)[nH+]cnc2[nH]1.